The lowest BCUT2D eigenvalue weighted by Gasteiger charge is -2.09. The highest BCUT2D eigenvalue weighted by molar-refractivity contribution is 5.36. The minimum absolute atomic E-state index is 0.0104. The van der Waals surface area contributed by atoms with Crippen LogP contribution in [0.3, 0.4) is 0 Å². The van der Waals surface area contributed by atoms with Gasteiger partial charge in [-0.15, -0.1) is 23.1 Å². The number of hydrogen-bond acceptors (Lipinski definition) is 4. The van der Waals surface area contributed by atoms with E-state index in [0.29, 0.717) is 0 Å². The number of alkyl halides is 6. The van der Waals surface area contributed by atoms with Gasteiger partial charge in [-0.1, -0.05) is 6.07 Å². The highest BCUT2D eigenvalue weighted by Gasteiger charge is 2.31. The summed E-state index contributed by atoms with van der Waals surface area (Å²) in [5.74, 6) is -0.537. The lowest BCUT2D eigenvalue weighted by atomic mass is 10.2. The molecule has 0 aliphatic rings. The Hall–Kier alpha value is -3.24. The molecule has 3 rings (SSSR count). The van der Waals surface area contributed by atoms with Crippen LogP contribution in [0.25, 0.3) is 5.69 Å². The van der Waals surface area contributed by atoms with Crippen LogP contribution in [0.15, 0.2) is 54.7 Å². The van der Waals surface area contributed by atoms with E-state index in [0.717, 1.165) is 35.3 Å². The van der Waals surface area contributed by atoms with Gasteiger partial charge in [0.2, 0.25) is 0 Å². The zero-order valence-electron chi connectivity index (χ0n) is 13.1. The molecule has 3 aromatic rings. The monoisotopic (exact) mass is 389 g/mol. The zero-order chi connectivity index (χ0) is 19.7. The number of rotatable bonds is 4. The summed E-state index contributed by atoms with van der Waals surface area (Å²) in [5.41, 5.74) is -0.580. The molecule has 0 spiro atoms. The number of nitrogens with zero attached hydrogens (tertiary/aromatic N) is 3. The van der Waals surface area contributed by atoms with Crippen LogP contribution in [-0.2, 0) is 6.18 Å². The maximum Gasteiger partial charge on any atom is 0.573 e. The summed E-state index contributed by atoms with van der Waals surface area (Å²) < 4.78 is 83.5. The van der Waals surface area contributed by atoms with Crippen molar-refractivity contribution in [3.8, 4) is 23.1 Å². The van der Waals surface area contributed by atoms with Gasteiger partial charge in [0, 0.05) is 6.07 Å². The van der Waals surface area contributed by atoms with Crippen molar-refractivity contribution in [2.75, 3.05) is 0 Å². The number of ether oxygens (including phenoxy) is 2. The Kier molecular flexibility index (Phi) is 4.68. The molecule has 27 heavy (non-hydrogen) atoms. The molecule has 142 valence electrons. The molecule has 0 amide bonds. The summed E-state index contributed by atoms with van der Waals surface area (Å²) >= 11 is 0. The summed E-state index contributed by atoms with van der Waals surface area (Å²) in [5, 5.41) is 7.76. The molecule has 0 N–H and O–H groups in total. The van der Waals surface area contributed by atoms with Crippen LogP contribution < -0.4 is 9.47 Å². The third-order valence-corrected chi connectivity index (χ3v) is 3.16. The van der Waals surface area contributed by atoms with Gasteiger partial charge in [0.1, 0.15) is 17.7 Å². The lowest BCUT2D eigenvalue weighted by molar-refractivity contribution is -0.274. The zero-order valence-corrected chi connectivity index (χ0v) is 13.1. The number of benzene rings is 2. The molecule has 0 aliphatic heterocycles. The van der Waals surface area contributed by atoms with Crippen LogP contribution in [0.2, 0.25) is 0 Å². The van der Waals surface area contributed by atoms with Crippen LogP contribution in [0.5, 0.6) is 17.4 Å². The number of halogens is 6. The molecule has 1 aromatic heterocycles. The highest BCUT2D eigenvalue weighted by atomic mass is 19.4. The fraction of sp³-hybridized carbons (Fsp3) is 0.125. The second kappa shape index (κ2) is 6.82. The molecule has 5 nitrogen and oxygen atoms in total. The fourth-order valence-corrected chi connectivity index (χ4v) is 2.06. The topological polar surface area (TPSA) is 49.2 Å². The molecule has 0 radical (unpaired) electrons. The van der Waals surface area contributed by atoms with Crippen LogP contribution in [0, 0.1) is 0 Å². The van der Waals surface area contributed by atoms with Crippen molar-refractivity contribution in [2.45, 2.75) is 12.5 Å². The maximum absolute atomic E-state index is 12.6. The van der Waals surface area contributed by atoms with Gasteiger partial charge < -0.3 is 9.47 Å². The van der Waals surface area contributed by atoms with Crippen molar-refractivity contribution < 1.29 is 35.8 Å². The Morgan fingerprint density at radius 2 is 1.52 bits per heavy atom. The average molecular weight is 389 g/mol. The Balaban J connectivity index is 1.74. The van der Waals surface area contributed by atoms with E-state index in [1.165, 1.54) is 24.3 Å². The van der Waals surface area contributed by atoms with Gasteiger partial charge in [-0.2, -0.15) is 18.3 Å². The molecule has 0 unspecified atom stereocenters. The first kappa shape index (κ1) is 18.5. The summed E-state index contributed by atoms with van der Waals surface area (Å²) in [4.78, 5) is 1.02. The SMILES string of the molecule is FC(F)(F)Oc1cccc(Oc2cnn(-c3ccc(C(F)(F)F)cc3)n2)c1. The molecule has 11 heteroatoms. The normalized spacial score (nSPS) is 12.1. The fourth-order valence-electron chi connectivity index (χ4n) is 2.06. The molecule has 0 saturated heterocycles. The quantitative estimate of drug-likeness (QED) is 0.591. The van der Waals surface area contributed by atoms with Crippen molar-refractivity contribution in [3.05, 3.63) is 60.3 Å². The van der Waals surface area contributed by atoms with Gasteiger partial charge in [-0.25, -0.2) is 0 Å². The molecule has 0 atom stereocenters. The molecule has 0 saturated carbocycles. The van der Waals surface area contributed by atoms with E-state index >= 15 is 0 Å². The Morgan fingerprint density at radius 1 is 0.852 bits per heavy atom. The largest absolute Gasteiger partial charge is 0.573 e. The molecule has 2 aromatic carbocycles. The van der Waals surface area contributed by atoms with Gasteiger partial charge in [-0.05, 0) is 36.4 Å². The van der Waals surface area contributed by atoms with Crippen LogP contribution in [0.4, 0.5) is 26.3 Å². The van der Waals surface area contributed by atoms with Crippen molar-refractivity contribution >= 4 is 0 Å². The van der Waals surface area contributed by atoms with Gasteiger partial charge in [0.25, 0.3) is 5.88 Å². The van der Waals surface area contributed by atoms with Gasteiger partial charge in [0.15, 0.2) is 0 Å². The van der Waals surface area contributed by atoms with Crippen LogP contribution in [0.1, 0.15) is 5.56 Å². The second-order valence-electron chi connectivity index (χ2n) is 5.14. The van der Waals surface area contributed by atoms with Crippen LogP contribution in [-0.4, -0.2) is 21.4 Å². The smallest absolute Gasteiger partial charge is 0.436 e. The van der Waals surface area contributed by atoms with Gasteiger partial charge in [-0.3, -0.25) is 0 Å². The predicted octanol–water partition coefficient (Wildman–Crippen LogP) is 4.98. The first-order valence-corrected chi connectivity index (χ1v) is 7.24. The molecule has 0 bridgehead atoms. The molecule has 0 aliphatic carbocycles. The third-order valence-electron chi connectivity index (χ3n) is 3.16. The molecule has 1 heterocycles. The third kappa shape index (κ3) is 4.90. The Morgan fingerprint density at radius 3 is 2.15 bits per heavy atom. The van der Waals surface area contributed by atoms with E-state index in [1.807, 2.05) is 0 Å². The summed E-state index contributed by atoms with van der Waals surface area (Å²) in [6.07, 6.45) is -8.15. The number of hydrogen-bond donors (Lipinski definition) is 0. The first-order chi connectivity index (χ1) is 12.6. The minimum atomic E-state index is -4.84. The average Bonchev–Trinajstić information content (AvgIpc) is 3.01. The molecular formula is C16H9F6N3O2. The van der Waals surface area contributed by atoms with Crippen molar-refractivity contribution in [1.29, 1.82) is 0 Å². The summed E-state index contributed by atoms with van der Waals surface area (Å²) in [7, 11) is 0. The van der Waals surface area contributed by atoms with E-state index in [4.69, 9.17) is 4.74 Å². The standard InChI is InChI=1S/C16H9F6N3O2/c17-15(18,19)10-4-6-11(7-5-10)25-23-9-14(24-25)26-12-2-1-3-13(8-12)27-16(20,21)22/h1-9H. The van der Waals surface area contributed by atoms with E-state index in [2.05, 4.69) is 14.9 Å². The van der Waals surface area contributed by atoms with Crippen LogP contribution >= 0.6 is 0 Å². The van der Waals surface area contributed by atoms with Crippen molar-refractivity contribution in [1.82, 2.24) is 15.0 Å². The Labute approximate surface area is 147 Å². The lowest BCUT2D eigenvalue weighted by Crippen LogP contribution is -2.17. The predicted molar refractivity (Wildman–Crippen MR) is 79.6 cm³/mol. The number of aromatic nitrogens is 3. The van der Waals surface area contributed by atoms with E-state index < -0.39 is 23.9 Å². The van der Waals surface area contributed by atoms with Gasteiger partial charge in [0.05, 0.1) is 11.3 Å². The second-order valence-corrected chi connectivity index (χ2v) is 5.14. The summed E-state index contributed by atoms with van der Waals surface area (Å²) in [6.45, 7) is 0. The maximum atomic E-state index is 12.6. The first-order valence-electron chi connectivity index (χ1n) is 7.24. The molecule has 0 fully saturated rings. The van der Waals surface area contributed by atoms with E-state index in [1.54, 1.807) is 0 Å². The molecular weight excluding hydrogens is 380 g/mol. The van der Waals surface area contributed by atoms with Gasteiger partial charge >= 0.3 is 12.5 Å². The Bertz CT molecular complexity index is 919. The van der Waals surface area contributed by atoms with E-state index in [9.17, 15) is 26.3 Å². The highest BCUT2D eigenvalue weighted by Crippen LogP contribution is 2.30. The summed E-state index contributed by atoms with van der Waals surface area (Å²) in [6, 6.07) is 8.85. The van der Waals surface area contributed by atoms with Crippen molar-refractivity contribution in [2.24, 2.45) is 0 Å². The minimum Gasteiger partial charge on any atom is -0.436 e. The van der Waals surface area contributed by atoms with E-state index in [-0.39, 0.29) is 17.3 Å². The van der Waals surface area contributed by atoms with Crippen molar-refractivity contribution in [3.63, 3.8) is 0 Å².